The largest absolute Gasteiger partial charge is 0.441 e. The molecule has 0 fully saturated rings. The molecular weight excluding hydrogens is 352 g/mol. The Labute approximate surface area is 156 Å². The van der Waals surface area contributed by atoms with Crippen molar-refractivity contribution in [1.29, 1.82) is 0 Å². The number of aryl methyl sites for hydroxylation is 2. The molecule has 0 spiro atoms. The van der Waals surface area contributed by atoms with Crippen LogP contribution in [0, 0.1) is 19.8 Å². The molecule has 0 atom stereocenters. The van der Waals surface area contributed by atoms with Crippen LogP contribution in [0.3, 0.4) is 0 Å². The standard InChI is InChI=1S/C19H21ClN4O2/c1-11(2)10-24-19(20)15(12(3)23-24)6-8-18(25)22-14-5-7-17-16(9-14)21-13(4)26-17/h5-9,11H,10H2,1-4H3,(H,22,25)/b8-6+. The third kappa shape index (κ3) is 3.96. The van der Waals surface area contributed by atoms with E-state index in [0.717, 1.165) is 17.8 Å². The van der Waals surface area contributed by atoms with Gasteiger partial charge in [0.05, 0.1) is 5.69 Å². The molecule has 26 heavy (non-hydrogen) atoms. The highest BCUT2D eigenvalue weighted by Crippen LogP contribution is 2.23. The molecule has 136 valence electrons. The quantitative estimate of drug-likeness (QED) is 0.664. The van der Waals surface area contributed by atoms with Crippen molar-refractivity contribution in [2.24, 2.45) is 5.92 Å². The topological polar surface area (TPSA) is 73.0 Å². The fourth-order valence-corrected chi connectivity index (χ4v) is 2.99. The molecule has 0 bridgehead atoms. The van der Waals surface area contributed by atoms with E-state index in [9.17, 15) is 4.79 Å². The highest BCUT2D eigenvalue weighted by Gasteiger charge is 2.12. The van der Waals surface area contributed by atoms with E-state index in [0.29, 0.717) is 33.7 Å². The summed E-state index contributed by atoms with van der Waals surface area (Å²) in [6.45, 7) is 8.59. The number of oxazole rings is 1. The minimum absolute atomic E-state index is 0.253. The van der Waals surface area contributed by atoms with Crippen molar-refractivity contribution in [2.45, 2.75) is 34.2 Å². The van der Waals surface area contributed by atoms with E-state index in [1.165, 1.54) is 6.08 Å². The zero-order valence-electron chi connectivity index (χ0n) is 15.2. The summed E-state index contributed by atoms with van der Waals surface area (Å²) in [5.74, 6) is 0.769. The Morgan fingerprint density at radius 3 is 2.88 bits per heavy atom. The summed E-state index contributed by atoms with van der Waals surface area (Å²) in [5.41, 5.74) is 3.59. The molecule has 0 saturated heterocycles. The maximum atomic E-state index is 12.2. The van der Waals surface area contributed by atoms with Crippen LogP contribution in [0.4, 0.5) is 5.69 Å². The minimum Gasteiger partial charge on any atom is -0.441 e. The molecule has 1 aromatic carbocycles. The lowest BCUT2D eigenvalue weighted by molar-refractivity contribution is -0.111. The minimum atomic E-state index is -0.253. The summed E-state index contributed by atoms with van der Waals surface area (Å²) in [5, 5.41) is 7.79. The number of benzene rings is 1. The van der Waals surface area contributed by atoms with E-state index in [4.69, 9.17) is 16.0 Å². The summed E-state index contributed by atoms with van der Waals surface area (Å²) in [6.07, 6.45) is 3.14. The van der Waals surface area contributed by atoms with Crippen LogP contribution in [0.5, 0.6) is 0 Å². The monoisotopic (exact) mass is 372 g/mol. The smallest absolute Gasteiger partial charge is 0.248 e. The second kappa shape index (κ2) is 7.33. The first kappa shape index (κ1) is 18.2. The van der Waals surface area contributed by atoms with E-state index in [2.05, 4.69) is 29.2 Å². The van der Waals surface area contributed by atoms with Crippen LogP contribution < -0.4 is 5.32 Å². The first-order chi connectivity index (χ1) is 12.3. The van der Waals surface area contributed by atoms with Crippen LogP contribution in [-0.2, 0) is 11.3 Å². The average molecular weight is 373 g/mol. The molecule has 1 N–H and O–H groups in total. The van der Waals surface area contributed by atoms with Gasteiger partial charge in [0.2, 0.25) is 5.91 Å². The van der Waals surface area contributed by atoms with Gasteiger partial charge in [-0.1, -0.05) is 25.4 Å². The lowest BCUT2D eigenvalue weighted by Gasteiger charge is -2.05. The van der Waals surface area contributed by atoms with Crippen LogP contribution in [0.15, 0.2) is 28.7 Å². The molecule has 3 aromatic rings. The summed E-state index contributed by atoms with van der Waals surface area (Å²) in [6, 6.07) is 5.33. The van der Waals surface area contributed by atoms with Crippen molar-refractivity contribution in [1.82, 2.24) is 14.8 Å². The van der Waals surface area contributed by atoms with Gasteiger partial charge in [-0.2, -0.15) is 5.10 Å². The zero-order chi connectivity index (χ0) is 18.8. The third-order valence-electron chi connectivity index (χ3n) is 3.81. The summed E-state index contributed by atoms with van der Waals surface area (Å²) < 4.78 is 7.19. The number of carbonyl (C=O) groups excluding carboxylic acids is 1. The first-order valence-corrected chi connectivity index (χ1v) is 8.80. The third-order valence-corrected chi connectivity index (χ3v) is 4.21. The lowest BCUT2D eigenvalue weighted by Crippen LogP contribution is -2.07. The van der Waals surface area contributed by atoms with Gasteiger partial charge in [-0.15, -0.1) is 0 Å². The van der Waals surface area contributed by atoms with Crippen LogP contribution in [0.1, 0.15) is 31.0 Å². The van der Waals surface area contributed by atoms with Gasteiger partial charge < -0.3 is 9.73 Å². The Morgan fingerprint density at radius 2 is 2.15 bits per heavy atom. The van der Waals surface area contributed by atoms with Crippen molar-refractivity contribution in [3.8, 4) is 0 Å². The van der Waals surface area contributed by atoms with Gasteiger partial charge in [0.1, 0.15) is 10.7 Å². The number of carbonyl (C=O) groups is 1. The summed E-state index contributed by atoms with van der Waals surface area (Å²) in [7, 11) is 0. The molecule has 0 aliphatic heterocycles. The van der Waals surface area contributed by atoms with Crippen LogP contribution in [0.25, 0.3) is 17.2 Å². The van der Waals surface area contributed by atoms with Crippen molar-refractivity contribution in [3.05, 3.63) is 46.6 Å². The molecule has 0 saturated carbocycles. The Balaban J connectivity index is 1.73. The molecule has 3 rings (SSSR count). The number of nitrogens with zero attached hydrogens (tertiary/aromatic N) is 3. The van der Waals surface area contributed by atoms with Gasteiger partial charge in [0.25, 0.3) is 0 Å². The average Bonchev–Trinajstić information content (AvgIpc) is 3.04. The number of aromatic nitrogens is 3. The molecule has 0 aliphatic rings. The number of rotatable bonds is 5. The SMILES string of the molecule is Cc1nc2cc(NC(=O)/C=C/c3c(C)nn(CC(C)C)c3Cl)ccc2o1. The van der Waals surface area contributed by atoms with E-state index >= 15 is 0 Å². The number of amides is 1. The number of hydrogen-bond acceptors (Lipinski definition) is 4. The zero-order valence-corrected chi connectivity index (χ0v) is 16.0. The Kier molecular flexibility index (Phi) is 5.13. The van der Waals surface area contributed by atoms with E-state index < -0.39 is 0 Å². The number of halogens is 1. The number of nitrogens with one attached hydrogen (secondary N) is 1. The lowest BCUT2D eigenvalue weighted by atomic mass is 10.2. The maximum absolute atomic E-state index is 12.2. The van der Waals surface area contributed by atoms with Crippen molar-refractivity contribution < 1.29 is 9.21 Å². The molecule has 0 aliphatic carbocycles. The van der Waals surface area contributed by atoms with Crippen molar-refractivity contribution >= 4 is 40.4 Å². The maximum Gasteiger partial charge on any atom is 0.248 e. The van der Waals surface area contributed by atoms with E-state index in [1.54, 1.807) is 35.9 Å². The second-order valence-electron chi connectivity index (χ2n) is 6.60. The van der Waals surface area contributed by atoms with Gasteiger partial charge in [-0.05, 0) is 37.1 Å². The van der Waals surface area contributed by atoms with Crippen molar-refractivity contribution in [3.63, 3.8) is 0 Å². The Bertz CT molecular complexity index is 985. The van der Waals surface area contributed by atoms with Crippen molar-refractivity contribution in [2.75, 3.05) is 5.32 Å². The van der Waals surface area contributed by atoms with Crippen LogP contribution in [-0.4, -0.2) is 20.7 Å². The normalized spacial score (nSPS) is 11.8. The van der Waals surface area contributed by atoms with Gasteiger partial charge >= 0.3 is 0 Å². The number of hydrogen-bond donors (Lipinski definition) is 1. The van der Waals surface area contributed by atoms with Gasteiger partial charge in [0, 0.05) is 30.8 Å². The Hall–Kier alpha value is -2.60. The number of anilines is 1. The molecule has 7 heteroatoms. The molecule has 0 unspecified atom stereocenters. The van der Waals surface area contributed by atoms with E-state index in [1.807, 2.05) is 6.92 Å². The highest BCUT2D eigenvalue weighted by atomic mass is 35.5. The predicted molar refractivity (Wildman–Crippen MR) is 103 cm³/mol. The fourth-order valence-electron chi connectivity index (χ4n) is 2.69. The molecule has 2 aromatic heterocycles. The van der Waals surface area contributed by atoms with Crippen LogP contribution in [0.2, 0.25) is 5.15 Å². The number of fused-ring (bicyclic) bond motifs is 1. The molecule has 6 nitrogen and oxygen atoms in total. The second-order valence-corrected chi connectivity index (χ2v) is 6.96. The predicted octanol–water partition coefficient (Wildman–Crippen LogP) is 4.60. The van der Waals surface area contributed by atoms with E-state index in [-0.39, 0.29) is 5.91 Å². The summed E-state index contributed by atoms with van der Waals surface area (Å²) in [4.78, 5) is 16.5. The van der Waals surface area contributed by atoms with Gasteiger partial charge in [-0.25, -0.2) is 4.98 Å². The van der Waals surface area contributed by atoms with Gasteiger partial charge in [-0.3, -0.25) is 9.48 Å². The van der Waals surface area contributed by atoms with Gasteiger partial charge in [0.15, 0.2) is 11.5 Å². The first-order valence-electron chi connectivity index (χ1n) is 8.42. The molecule has 0 radical (unpaired) electrons. The molecule has 1 amide bonds. The van der Waals surface area contributed by atoms with Crippen LogP contribution >= 0.6 is 11.6 Å². The summed E-state index contributed by atoms with van der Waals surface area (Å²) >= 11 is 6.38. The fraction of sp³-hybridized carbons (Fsp3) is 0.316. The molecular formula is C19H21ClN4O2. The molecule has 2 heterocycles. The highest BCUT2D eigenvalue weighted by molar-refractivity contribution is 6.31. The Morgan fingerprint density at radius 1 is 1.38 bits per heavy atom.